The molecular formula is C7H12N2O2. The van der Waals surface area contributed by atoms with E-state index in [-0.39, 0.29) is 6.04 Å². The van der Waals surface area contributed by atoms with Crippen molar-refractivity contribution in [3.8, 4) is 0 Å². The first-order valence-corrected chi connectivity index (χ1v) is 3.97. The maximum atomic E-state index is 10.6. The molecule has 2 rings (SSSR count). The lowest BCUT2D eigenvalue weighted by Gasteiger charge is -2.28. The van der Waals surface area contributed by atoms with E-state index in [1.54, 1.807) is 0 Å². The summed E-state index contributed by atoms with van der Waals surface area (Å²) in [6.07, 6.45) is 1.10. The standard InChI is InChI=1S/C7H12N2O2/c10-7(11)6-4-9-2-1-5(3-9)8-6/h5-6,8H,1-4H2,(H,10,11). The summed E-state index contributed by atoms with van der Waals surface area (Å²) >= 11 is 0. The van der Waals surface area contributed by atoms with Gasteiger partial charge in [-0.05, 0) is 13.0 Å². The summed E-state index contributed by atoms with van der Waals surface area (Å²) in [5, 5.41) is 11.8. The van der Waals surface area contributed by atoms with E-state index >= 15 is 0 Å². The van der Waals surface area contributed by atoms with Gasteiger partial charge in [-0.1, -0.05) is 0 Å². The van der Waals surface area contributed by atoms with Crippen molar-refractivity contribution in [3.05, 3.63) is 0 Å². The van der Waals surface area contributed by atoms with E-state index in [1.807, 2.05) is 0 Å². The van der Waals surface area contributed by atoms with Gasteiger partial charge in [-0.25, -0.2) is 0 Å². The molecule has 0 amide bonds. The molecule has 0 aromatic carbocycles. The fourth-order valence-corrected chi connectivity index (χ4v) is 1.88. The zero-order valence-corrected chi connectivity index (χ0v) is 6.29. The number of carboxylic acid groups (broad SMARTS) is 1. The van der Waals surface area contributed by atoms with Crippen molar-refractivity contribution in [2.75, 3.05) is 19.6 Å². The number of hydrogen-bond donors (Lipinski definition) is 2. The van der Waals surface area contributed by atoms with Gasteiger partial charge < -0.3 is 5.11 Å². The number of aliphatic carboxylic acids is 1. The van der Waals surface area contributed by atoms with Gasteiger partial charge in [0.25, 0.3) is 0 Å². The molecule has 3 atom stereocenters. The molecule has 62 valence electrons. The fourth-order valence-electron chi connectivity index (χ4n) is 1.88. The molecule has 2 heterocycles. The van der Waals surface area contributed by atoms with Gasteiger partial charge in [-0.15, -0.1) is 0 Å². The molecule has 11 heavy (non-hydrogen) atoms. The molecule has 0 spiro atoms. The molecule has 0 aliphatic carbocycles. The van der Waals surface area contributed by atoms with Crippen LogP contribution in [0.5, 0.6) is 0 Å². The maximum Gasteiger partial charge on any atom is 0.322 e. The Kier molecular flexibility index (Phi) is 1.58. The molecule has 2 bridgehead atoms. The number of piperazine rings is 1. The van der Waals surface area contributed by atoms with Crippen molar-refractivity contribution < 1.29 is 9.90 Å². The second-order valence-electron chi connectivity index (χ2n) is 3.30. The topological polar surface area (TPSA) is 52.6 Å². The van der Waals surface area contributed by atoms with Crippen LogP contribution in [0, 0.1) is 0 Å². The van der Waals surface area contributed by atoms with Gasteiger partial charge in [0.1, 0.15) is 6.04 Å². The van der Waals surface area contributed by atoms with Crippen LogP contribution in [-0.2, 0) is 4.79 Å². The van der Waals surface area contributed by atoms with E-state index in [1.165, 1.54) is 0 Å². The van der Waals surface area contributed by atoms with Crippen LogP contribution in [-0.4, -0.2) is 47.7 Å². The maximum absolute atomic E-state index is 10.6. The minimum absolute atomic E-state index is 0.337. The lowest BCUT2D eigenvalue weighted by atomic mass is 10.2. The van der Waals surface area contributed by atoms with E-state index in [9.17, 15) is 4.79 Å². The Labute approximate surface area is 65.2 Å². The van der Waals surface area contributed by atoms with Crippen LogP contribution >= 0.6 is 0 Å². The summed E-state index contributed by atoms with van der Waals surface area (Å²) < 4.78 is 0. The minimum atomic E-state index is -0.721. The molecule has 0 radical (unpaired) electrons. The van der Waals surface area contributed by atoms with Crippen molar-refractivity contribution >= 4 is 5.97 Å². The largest absolute Gasteiger partial charge is 0.480 e. The fraction of sp³-hybridized carbons (Fsp3) is 0.857. The Hall–Kier alpha value is -0.610. The third-order valence-electron chi connectivity index (χ3n) is 2.45. The number of carboxylic acids is 1. The normalized spacial score (nSPS) is 42.4. The average Bonchev–Trinajstić information content (AvgIpc) is 2.30. The van der Waals surface area contributed by atoms with Crippen LogP contribution in [0.4, 0.5) is 0 Å². The molecule has 4 heteroatoms. The molecule has 0 aromatic rings. The van der Waals surface area contributed by atoms with Crippen molar-refractivity contribution in [2.24, 2.45) is 0 Å². The molecule has 0 aromatic heterocycles. The minimum Gasteiger partial charge on any atom is -0.480 e. The molecule has 4 nitrogen and oxygen atoms in total. The van der Waals surface area contributed by atoms with Crippen molar-refractivity contribution in [2.45, 2.75) is 18.5 Å². The van der Waals surface area contributed by atoms with Crippen LogP contribution in [0.3, 0.4) is 0 Å². The summed E-state index contributed by atoms with van der Waals surface area (Å²) in [6, 6.07) is 0.0844. The summed E-state index contributed by atoms with van der Waals surface area (Å²) in [6.45, 7) is 2.76. The highest BCUT2D eigenvalue weighted by Crippen LogP contribution is 2.15. The lowest BCUT2D eigenvalue weighted by Crippen LogP contribution is -2.54. The van der Waals surface area contributed by atoms with Crippen LogP contribution in [0.25, 0.3) is 0 Å². The highest BCUT2D eigenvalue weighted by Gasteiger charge is 2.34. The number of fused-ring (bicyclic) bond motifs is 2. The molecule has 2 saturated heterocycles. The SMILES string of the molecule is O=C(O)C1CN2CCC(C2)N1. The lowest BCUT2D eigenvalue weighted by molar-refractivity contribution is -0.140. The van der Waals surface area contributed by atoms with Gasteiger partial charge in [-0.3, -0.25) is 15.0 Å². The summed E-state index contributed by atoms with van der Waals surface area (Å²) in [4.78, 5) is 12.8. The number of carbonyl (C=O) groups is 1. The monoisotopic (exact) mass is 156 g/mol. The van der Waals surface area contributed by atoms with Gasteiger partial charge in [0.15, 0.2) is 0 Å². The van der Waals surface area contributed by atoms with Gasteiger partial charge in [0, 0.05) is 19.1 Å². The number of rotatable bonds is 1. The Balaban J connectivity index is 2.02. The van der Waals surface area contributed by atoms with Gasteiger partial charge in [0.05, 0.1) is 0 Å². The van der Waals surface area contributed by atoms with E-state index in [2.05, 4.69) is 10.2 Å². The summed E-state index contributed by atoms with van der Waals surface area (Å²) in [5.74, 6) is -0.721. The van der Waals surface area contributed by atoms with Crippen LogP contribution in [0.15, 0.2) is 0 Å². The third kappa shape index (κ3) is 1.23. The van der Waals surface area contributed by atoms with Gasteiger partial charge >= 0.3 is 5.97 Å². The molecule has 2 N–H and O–H groups in total. The summed E-state index contributed by atoms with van der Waals surface area (Å²) in [7, 11) is 0. The summed E-state index contributed by atoms with van der Waals surface area (Å²) in [5.41, 5.74) is 0. The second kappa shape index (κ2) is 2.46. The predicted molar refractivity (Wildman–Crippen MR) is 39.4 cm³/mol. The highest BCUT2D eigenvalue weighted by molar-refractivity contribution is 5.74. The average molecular weight is 156 g/mol. The van der Waals surface area contributed by atoms with Crippen molar-refractivity contribution in [1.29, 1.82) is 0 Å². The zero-order chi connectivity index (χ0) is 7.84. The first-order valence-electron chi connectivity index (χ1n) is 3.97. The second-order valence-corrected chi connectivity index (χ2v) is 3.30. The molecule has 0 saturated carbocycles. The number of nitrogens with one attached hydrogen (secondary N) is 1. The number of nitrogens with zero attached hydrogens (tertiary/aromatic N) is 1. The zero-order valence-electron chi connectivity index (χ0n) is 6.29. The Morgan fingerprint density at radius 3 is 3.00 bits per heavy atom. The van der Waals surface area contributed by atoms with Crippen LogP contribution in [0.2, 0.25) is 0 Å². The third-order valence-corrected chi connectivity index (χ3v) is 2.45. The quantitative estimate of drug-likeness (QED) is 0.517. The highest BCUT2D eigenvalue weighted by atomic mass is 16.4. The smallest absolute Gasteiger partial charge is 0.322 e. The van der Waals surface area contributed by atoms with E-state index in [0.29, 0.717) is 12.6 Å². The van der Waals surface area contributed by atoms with Gasteiger partial charge in [0.2, 0.25) is 0 Å². The van der Waals surface area contributed by atoms with E-state index in [4.69, 9.17) is 5.11 Å². The molecule has 2 fully saturated rings. The molecular weight excluding hydrogens is 144 g/mol. The van der Waals surface area contributed by atoms with E-state index in [0.717, 1.165) is 19.5 Å². The number of hydrogen-bond acceptors (Lipinski definition) is 3. The molecule has 2 aliphatic heterocycles. The van der Waals surface area contributed by atoms with Gasteiger partial charge in [-0.2, -0.15) is 0 Å². The molecule has 2 aliphatic rings. The Morgan fingerprint density at radius 2 is 2.36 bits per heavy atom. The van der Waals surface area contributed by atoms with Crippen LogP contribution < -0.4 is 5.32 Å². The Morgan fingerprint density at radius 1 is 1.55 bits per heavy atom. The van der Waals surface area contributed by atoms with E-state index < -0.39 is 5.97 Å². The molecule has 3 unspecified atom stereocenters. The predicted octanol–water partition coefficient (Wildman–Crippen LogP) is -0.883. The Bertz CT molecular complexity index is 171. The first kappa shape index (κ1) is 7.06. The van der Waals surface area contributed by atoms with Crippen LogP contribution in [0.1, 0.15) is 6.42 Å². The first-order chi connectivity index (χ1) is 5.25. The van der Waals surface area contributed by atoms with Crippen molar-refractivity contribution in [3.63, 3.8) is 0 Å². The van der Waals surface area contributed by atoms with Crippen molar-refractivity contribution in [1.82, 2.24) is 10.2 Å².